The van der Waals surface area contributed by atoms with Crippen LogP contribution in [0.4, 0.5) is 0 Å². The van der Waals surface area contributed by atoms with Crippen molar-refractivity contribution in [2.45, 2.75) is 88.5 Å². The molecule has 3 aromatic rings. The molecule has 0 aromatic heterocycles. The van der Waals surface area contributed by atoms with E-state index in [1.165, 1.54) is 6.42 Å². The Morgan fingerprint density at radius 1 is 0.826 bits per heavy atom. The lowest BCUT2D eigenvalue weighted by Crippen LogP contribution is -2.57. The Hall–Kier alpha value is -4.21. The Balaban J connectivity index is 1.32. The molecule has 1 saturated carbocycles. The first kappa shape index (κ1) is 33.2. The summed E-state index contributed by atoms with van der Waals surface area (Å²) in [7, 11) is 0. The van der Waals surface area contributed by atoms with Crippen LogP contribution in [0.3, 0.4) is 0 Å². The van der Waals surface area contributed by atoms with E-state index in [0.717, 1.165) is 47.9 Å². The van der Waals surface area contributed by atoms with Gasteiger partial charge in [-0.2, -0.15) is 0 Å². The number of hydrogen-bond acceptors (Lipinski definition) is 6. The van der Waals surface area contributed by atoms with Gasteiger partial charge in [-0.05, 0) is 66.0 Å². The predicted octanol–water partition coefficient (Wildman–Crippen LogP) is 3.96. The molecule has 46 heavy (non-hydrogen) atoms. The molecule has 2 amide bonds. The third-order valence-electron chi connectivity index (χ3n) is 9.45. The van der Waals surface area contributed by atoms with Gasteiger partial charge in [-0.15, -0.1) is 0 Å². The number of phenols is 1. The number of aromatic hydroxyl groups is 1. The lowest BCUT2D eigenvalue weighted by atomic mass is 9.84. The second-order valence-corrected chi connectivity index (χ2v) is 12.9. The first-order chi connectivity index (χ1) is 22.3. The molecule has 0 bridgehead atoms. The molecule has 1 aliphatic carbocycles. The summed E-state index contributed by atoms with van der Waals surface area (Å²) >= 11 is 0. The van der Waals surface area contributed by atoms with Gasteiger partial charge in [0, 0.05) is 19.1 Å². The number of nitrogens with two attached hydrogens (primary N) is 1. The van der Waals surface area contributed by atoms with Gasteiger partial charge in [-0.25, -0.2) is 4.79 Å². The Morgan fingerprint density at radius 2 is 1.48 bits per heavy atom. The van der Waals surface area contributed by atoms with Crippen LogP contribution in [0.5, 0.6) is 5.75 Å². The van der Waals surface area contributed by atoms with Crippen LogP contribution in [0, 0.1) is 5.92 Å². The Morgan fingerprint density at radius 3 is 2.17 bits per heavy atom. The Kier molecular flexibility index (Phi) is 11.4. The van der Waals surface area contributed by atoms with Crippen LogP contribution in [-0.2, 0) is 40.2 Å². The fourth-order valence-corrected chi connectivity index (χ4v) is 6.85. The van der Waals surface area contributed by atoms with Crippen molar-refractivity contribution in [1.29, 1.82) is 0 Å². The van der Waals surface area contributed by atoms with E-state index in [2.05, 4.69) is 16.7 Å². The van der Waals surface area contributed by atoms with Crippen LogP contribution >= 0.6 is 0 Å². The average Bonchev–Trinajstić information content (AvgIpc) is 3.07. The van der Waals surface area contributed by atoms with Crippen LogP contribution in [-0.4, -0.2) is 63.6 Å². The molecule has 4 atom stereocenters. The summed E-state index contributed by atoms with van der Waals surface area (Å²) in [6.07, 6.45) is 7.09. The lowest BCUT2D eigenvalue weighted by Gasteiger charge is -2.39. The average molecular weight is 627 g/mol. The maximum absolute atomic E-state index is 13.8. The maximum Gasteiger partial charge on any atom is 0.326 e. The number of nitrogens with zero attached hydrogens (tertiary/aromatic N) is 1. The number of carboxylic acids is 1. The minimum Gasteiger partial charge on any atom is -0.508 e. The summed E-state index contributed by atoms with van der Waals surface area (Å²) in [5, 5.41) is 25.9. The standard InChI is InChI=1S/C37H46N4O5/c38-32(19-27-15-17-31(42)18-16-27)36(44)41-24-29-14-8-7-13-28(29)22-30(41)23-39-33(20-25-9-3-1-4-10-25)35(43)40-34(37(45)46)21-26-11-5-2-6-12-26/h1,3-4,7-10,13-18,26,30,32-34,39,42H,2,5-6,11-12,19-24,38H2,(H,40,43)(H,45,46)/t30?,32-,33-,34?/m0/s1. The van der Waals surface area contributed by atoms with E-state index >= 15 is 0 Å². The van der Waals surface area contributed by atoms with Crippen LogP contribution in [0.1, 0.15) is 60.8 Å². The predicted molar refractivity (Wildman–Crippen MR) is 177 cm³/mol. The van der Waals surface area contributed by atoms with Crippen molar-refractivity contribution in [2.24, 2.45) is 11.7 Å². The zero-order valence-electron chi connectivity index (χ0n) is 26.3. The molecule has 9 nitrogen and oxygen atoms in total. The number of nitrogens with one attached hydrogen (secondary N) is 2. The third-order valence-corrected chi connectivity index (χ3v) is 9.45. The van der Waals surface area contributed by atoms with Crippen LogP contribution in [0.15, 0.2) is 78.9 Å². The van der Waals surface area contributed by atoms with Crippen LogP contribution in [0.25, 0.3) is 0 Å². The number of aliphatic carboxylic acids is 1. The first-order valence-electron chi connectivity index (χ1n) is 16.5. The van der Waals surface area contributed by atoms with Gasteiger partial charge in [-0.3, -0.25) is 9.59 Å². The number of rotatable bonds is 13. The number of carbonyl (C=O) groups excluding carboxylic acids is 2. The van der Waals surface area contributed by atoms with Crippen LogP contribution in [0.2, 0.25) is 0 Å². The molecule has 2 aliphatic rings. The summed E-state index contributed by atoms with van der Waals surface area (Å²) in [6, 6.07) is 21.7. The van der Waals surface area contributed by atoms with E-state index in [9.17, 15) is 24.6 Å². The quantitative estimate of drug-likeness (QED) is 0.193. The van der Waals surface area contributed by atoms with Gasteiger partial charge >= 0.3 is 5.97 Å². The number of carbonyl (C=O) groups is 3. The van der Waals surface area contributed by atoms with Crippen molar-refractivity contribution >= 4 is 17.8 Å². The smallest absolute Gasteiger partial charge is 0.326 e. The second-order valence-electron chi connectivity index (χ2n) is 12.9. The fourth-order valence-electron chi connectivity index (χ4n) is 6.85. The lowest BCUT2D eigenvalue weighted by molar-refractivity contribution is -0.142. The maximum atomic E-state index is 13.8. The highest BCUT2D eigenvalue weighted by atomic mass is 16.4. The monoisotopic (exact) mass is 626 g/mol. The largest absolute Gasteiger partial charge is 0.508 e. The van der Waals surface area contributed by atoms with Gasteiger partial charge in [0.25, 0.3) is 0 Å². The van der Waals surface area contributed by atoms with Crippen molar-refractivity contribution in [1.82, 2.24) is 15.5 Å². The molecule has 9 heteroatoms. The molecular weight excluding hydrogens is 580 g/mol. The van der Waals surface area contributed by atoms with Gasteiger partial charge in [-0.1, -0.05) is 98.8 Å². The van der Waals surface area contributed by atoms with Gasteiger partial charge in [0.2, 0.25) is 11.8 Å². The van der Waals surface area contributed by atoms with Gasteiger partial charge in [0.1, 0.15) is 11.8 Å². The topological polar surface area (TPSA) is 145 Å². The minimum absolute atomic E-state index is 0.153. The highest BCUT2D eigenvalue weighted by Crippen LogP contribution is 2.28. The van der Waals surface area contributed by atoms with Crippen molar-refractivity contribution in [3.8, 4) is 5.75 Å². The van der Waals surface area contributed by atoms with E-state index < -0.39 is 24.1 Å². The molecular formula is C37H46N4O5. The van der Waals surface area contributed by atoms with Crippen molar-refractivity contribution in [3.63, 3.8) is 0 Å². The summed E-state index contributed by atoms with van der Waals surface area (Å²) in [4.78, 5) is 41.7. The molecule has 5 rings (SSSR count). The molecule has 1 heterocycles. The second kappa shape index (κ2) is 15.9. The van der Waals surface area contributed by atoms with Gasteiger partial charge < -0.3 is 31.5 Å². The molecule has 3 aromatic carbocycles. The SMILES string of the molecule is N[C@@H](Cc1ccc(O)cc1)C(=O)N1Cc2ccccc2CC1CN[C@@H](Cc1ccccc1)C(=O)NC(CC1CCCCC1)C(=O)O. The zero-order chi connectivity index (χ0) is 32.5. The number of phenolic OH excluding ortho intramolecular Hbond substituents is 1. The normalized spacial score (nSPS) is 18.6. The summed E-state index contributed by atoms with van der Waals surface area (Å²) in [5.41, 5.74) is 10.5. The minimum atomic E-state index is -1.01. The van der Waals surface area contributed by atoms with E-state index in [4.69, 9.17) is 5.73 Å². The van der Waals surface area contributed by atoms with Crippen molar-refractivity contribution in [3.05, 3.63) is 101 Å². The molecule has 1 aliphatic heterocycles. The fraction of sp³-hybridized carbons (Fsp3) is 0.432. The first-order valence-corrected chi connectivity index (χ1v) is 16.5. The molecule has 0 radical (unpaired) electrons. The van der Waals surface area contributed by atoms with E-state index in [0.29, 0.717) is 44.7 Å². The van der Waals surface area contributed by atoms with Gasteiger partial charge in [0.15, 0.2) is 0 Å². The number of fused-ring (bicyclic) bond motifs is 1. The van der Waals surface area contributed by atoms with Crippen LogP contribution < -0.4 is 16.4 Å². The number of amides is 2. The van der Waals surface area contributed by atoms with Gasteiger partial charge in [0.05, 0.1) is 12.1 Å². The molecule has 2 unspecified atom stereocenters. The number of hydrogen-bond donors (Lipinski definition) is 5. The third kappa shape index (κ3) is 8.95. The van der Waals surface area contributed by atoms with E-state index in [1.54, 1.807) is 29.2 Å². The summed E-state index contributed by atoms with van der Waals surface area (Å²) < 4.78 is 0. The van der Waals surface area contributed by atoms with Crippen molar-refractivity contribution in [2.75, 3.05) is 6.54 Å². The zero-order valence-corrected chi connectivity index (χ0v) is 26.3. The Bertz CT molecular complexity index is 1460. The molecule has 0 spiro atoms. The molecule has 6 N–H and O–H groups in total. The Labute approximate surface area is 271 Å². The molecule has 1 fully saturated rings. The molecule has 0 saturated heterocycles. The number of benzene rings is 3. The van der Waals surface area contributed by atoms with Crippen molar-refractivity contribution < 1.29 is 24.6 Å². The van der Waals surface area contributed by atoms with E-state index in [1.807, 2.05) is 48.5 Å². The van der Waals surface area contributed by atoms with E-state index in [-0.39, 0.29) is 23.6 Å². The summed E-state index contributed by atoms with van der Waals surface area (Å²) in [5.74, 6) is -1.11. The number of carboxylic acid groups (broad SMARTS) is 1. The summed E-state index contributed by atoms with van der Waals surface area (Å²) in [6.45, 7) is 0.736. The highest BCUT2D eigenvalue weighted by molar-refractivity contribution is 5.87. The molecule has 244 valence electrons. The highest BCUT2D eigenvalue weighted by Gasteiger charge is 2.34.